The SMILES string of the molecule is C=CN(CCCCC)c1nc(C)[nH]c1C(=C)N(C)CCCCC(=C)NCc1ccccc1C. The predicted octanol–water partition coefficient (Wildman–Crippen LogP) is 6.54. The third-order valence-corrected chi connectivity index (χ3v) is 6.06. The Hall–Kier alpha value is -2.95. The average molecular weight is 450 g/mol. The third kappa shape index (κ3) is 8.16. The van der Waals surface area contributed by atoms with E-state index in [1.165, 1.54) is 24.0 Å². The number of imidazole rings is 1. The second-order valence-electron chi connectivity index (χ2n) is 8.81. The van der Waals surface area contributed by atoms with Crippen LogP contribution in [-0.4, -0.2) is 35.0 Å². The highest BCUT2D eigenvalue weighted by molar-refractivity contribution is 5.70. The molecule has 0 atom stereocenters. The van der Waals surface area contributed by atoms with E-state index < -0.39 is 0 Å². The van der Waals surface area contributed by atoms with E-state index in [1.54, 1.807) is 0 Å². The molecule has 0 fully saturated rings. The lowest BCUT2D eigenvalue weighted by atomic mass is 10.1. The fraction of sp³-hybridized carbons (Fsp3) is 0.464. The first kappa shape index (κ1) is 26.3. The normalized spacial score (nSPS) is 10.7. The first-order valence-electron chi connectivity index (χ1n) is 12.2. The molecule has 2 N–H and O–H groups in total. The molecule has 0 radical (unpaired) electrons. The van der Waals surface area contributed by atoms with Crippen LogP contribution in [0.3, 0.4) is 0 Å². The van der Waals surface area contributed by atoms with E-state index in [0.29, 0.717) is 0 Å². The summed E-state index contributed by atoms with van der Waals surface area (Å²) in [4.78, 5) is 12.5. The fourth-order valence-electron chi connectivity index (χ4n) is 3.83. The lowest BCUT2D eigenvalue weighted by Crippen LogP contribution is -2.22. The molecule has 0 aliphatic heterocycles. The predicted molar refractivity (Wildman–Crippen MR) is 143 cm³/mol. The summed E-state index contributed by atoms with van der Waals surface area (Å²) < 4.78 is 0. The van der Waals surface area contributed by atoms with E-state index in [4.69, 9.17) is 4.98 Å². The molecule has 0 amide bonds. The topological polar surface area (TPSA) is 47.2 Å². The molecule has 1 heterocycles. The van der Waals surface area contributed by atoms with Gasteiger partial charge in [-0.2, -0.15) is 0 Å². The van der Waals surface area contributed by atoms with Crippen LogP contribution in [0.15, 0.2) is 55.9 Å². The molecule has 2 rings (SSSR count). The molecular formula is C28H43N5. The number of aromatic amines is 1. The molecule has 180 valence electrons. The van der Waals surface area contributed by atoms with Gasteiger partial charge in [-0.1, -0.05) is 63.8 Å². The molecule has 1 aromatic carbocycles. The van der Waals surface area contributed by atoms with Crippen molar-refractivity contribution in [1.29, 1.82) is 0 Å². The lowest BCUT2D eigenvalue weighted by molar-refractivity contribution is 0.454. The van der Waals surface area contributed by atoms with Crippen LogP contribution >= 0.6 is 0 Å². The van der Waals surface area contributed by atoms with Gasteiger partial charge in [-0.3, -0.25) is 0 Å². The van der Waals surface area contributed by atoms with Gasteiger partial charge >= 0.3 is 0 Å². The molecule has 0 aliphatic rings. The van der Waals surface area contributed by atoms with E-state index in [2.05, 4.69) is 85.0 Å². The first-order valence-corrected chi connectivity index (χ1v) is 12.2. The minimum Gasteiger partial charge on any atom is -0.385 e. The zero-order valence-electron chi connectivity index (χ0n) is 21.2. The standard InChI is InChI=1S/C28H43N5/c1-8-10-14-20-33(9-2)28-27(30-25(6)31-28)24(5)32(7)19-15-13-17-23(4)29-21-26-18-12-11-16-22(26)3/h9,11-12,16,18,29H,2,4-5,8,10,13-15,17,19-21H2,1,3,6-7H3,(H,30,31). The fourth-order valence-corrected chi connectivity index (χ4v) is 3.83. The van der Waals surface area contributed by atoms with E-state index in [-0.39, 0.29) is 0 Å². The molecule has 5 nitrogen and oxygen atoms in total. The largest absolute Gasteiger partial charge is 0.385 e. The molecular weight excluding hydrogens is 406 g/mol. The summed E-state index contributed by atoms with van der Waals surface area (Å²) >= 11 is 0. The molecule has 0 bridgehead atoms. The maximum atomic E-state index is 4.73. The number of hydrogen-bond donors (Lipinski definition) is 2. The number of nitrogens with zero attached hydrogens (tertiary/aromatic N) is 3. The van der Waals surface area contributed by atoms with Crippen molar-refractivity contribution in [2.24, 2.45) is 0 Å². The molecule has 1 aromatic heterocycles. The van der Waals surface area contributed by atoms with Gasteiger partial charge in [0.25, 0.3) is 0 Å². The molecule has 5 heteroatoms. The second kappa shape index (κ2) is 13.6. The Morgan fingerprint density at radius 2 is 1.82 bits per heavy atom. The van der Waals surface area contributed by atoms with Gasteiger partial charge < -0.3 is 20.1 Å². The maximum Gasteiger partial charge on any atom is 0.160 e. The van der Waals surface area contributed by atoms with Gasteiger partial charge in [0.15, 0.2) is 5.82 Å². The van der Waals surface area contributed by atoms with E-state index in [9.17, 15) is 0 Å². The zero-order chi connectivity index (χ0) is 24.2. The van der Waals surface area contributed by atoms with Gasteiger partial charge in [0.1, 0.15) is 11.5 Å². The van der Waals surface area contributed by atoms with Gasteiger partial charge in [0, 0.05) is 32.4 Å². The van der Waals surface area contributed by atoms with Gasteiger partial charge in [-0.05, 0) is 56.9 Å². The smallest absolute Gasteiger partial charge is 0.160 e. The quantitative estimate of drug-likeness (QED) is 0.286. The molecule has 2 aromatic rings. The summed E-state index contributed by atoms with van der Waals surface area (Å²) in [5.74, 6) is 1.82. The van der Waals surface area contributed by atoms with Crippen molar-refractivity contribution in [2.45, 2.75) is 65.8 Å². The van der Waals surface area contributed by atoms with Crippen molar-refractivity contribution in [3.8, 4) is 0 Å². The summed E-state index contributed by atoms with van der Waals surface area (Å²) in [6.07, 6.45) is 8.53. The second-order valence-corrected chi connectivity index (χ2v) is 8.81. The zero-order valence-corrected chi connectivity index (χ0v) is 21.2. The van der Waals surface area contributed by atoms with Crippen LogP contribution in [0.5, 0.6) is 0 Å². The Labute approximate surface area is 201 Å². The molecule has 0 saturated heterocycles. The number of allylic oxidation sites excluding steroid dienone is 1. The van der Waals surface area contributed by atoms with Crippen molar-refractivity contribution in [2.75, 3.05) is 25.0 Å². The average Bonchev–Trinajstić information content (AvgIpc) is 3.19. The Morgan fingerprint density at radius 1 is 1.09 bits per heavy atom. The van der Waals surface area contributed by atoms with Gasteiger partial charge in [-0.25, -0.2) is 4.98 Å². The molecule has 0 saturated carbocycles. The highest BCUT2D eigenvalue weighted by atomic mass is 15.2. The maximum absolute atomic E-state index is 4.73. The van der Waals surface area contributed by atoms with Crippen LogP contribution in [0, 0.1) is 13.8 Å². The Bertz CT molecular complexity index is 911. The third-order valence-electron chi connectivity index (χ3n) is 6.06. The number of rotatable bonds is 16. The highest BCUT2D eigenvalue weighted by Crippen LogP contribution is 2.27. The van der Waals surface area contributed by atoms with Gasteiger partial charge in [0.2, 0.25) is 0 Å². The number of aromatic nitrogens is 2. The van der Waals surface area contributed by atoms with Crippen LogP contribution in [-0.2, 0) is 6.54 Å². The number of anilines is 1. The Morgan fingerprint density at radius 3 is 2.52 bits per heavy atom. The monoisotopic (exact) mass is 449 g/mol. The van der Waals surface area contributed by atoms with Crippen LogP contribution in [0.2, 0.25) is 0 Å². The van der Waals surface area contributed by atoms with Crippen LogP contribution in [0.4, 0.5) is 5.82 Å². The van der Waals surface area contributed by atoms with E-state index in [1.807, 2.05) is 13.1 Å². The van der Waals surface area contributed by atoms with Crippen LogP contribution in [0.1, 0.15) is 68.1 Å². The van der Waals surface area contributed by atoms with Crippen molar-refractivity contribution in [1.82, 2.24) is 20.2 Å². The number of hydrogen-bond acceptors (Lipinski definition) is 4. The van der Waals surface area contributed by atoms with Crippen molar-refractivity contribution < 1.29 is 0 Å². The van der Waals surface area contributed by atoms with Crippen LogP contribution in [0.25, 0.3) is 5.70 Å². The molecule has 33 heavy (non-hydrogen) atoms. The molecule has 0 aliphatic carbocycles. The minimum absolute atomic E-state index is 0.836. The lowest BCUT2D eigenvalue weighted by Gasteiger charge is -2.24. The first-order chi connectivity index (χ1) is 15.9. The molecule has 0 unspecified atom stereocenters. The summed E-state index contributed by atoms with van der Waals surface area (Å²) in [5, 5.41) is 3.47. The Balaban J connectivity index is 1.81. The summed E-state index contributed by atoms with van der Waals surface area (Å²) in [5.41, 5.74) is 5.68. The number of benzene rings is 1. The van der Waals surface area contributed by atoms with Gasteiger partial charge in [-0.15, -0.1) is 0 Å². The summed E-state index contributed by atoms with van der Waals surface area (Å²) in [6, 6.07) is 8.47. The summed E-state index contributed by atoms with van der Waals surface area (Å²) in [6.45, 7) is 21.6. The number of unbranched alkanes of at least 4 members (excludes halogenated alkanes) is 3. The van der Waals surface area contributed by atoms with Gasteiger partial charge in [0.05, 0.1) is 5.70 Å². The van der Waals surface area contributed by atoms with Crippen molar-refractivity contribution in [3.05, 3.63) is 78.5 Å². The van der Waals surface area contributed by atoms with E-state index >= 15 is 0 Å². The van der Waals surface area contributed by atoms with E-state index in [0.717, 1.165) is 74.0 Å². The number of H-pyrrole nitrogens is 1. The minimum atomic E-state index is 0.836. The number of aryl methyl sites for hydroxylation is 2. The van der Waals surface area contributed by atoms with Crippen LogP contribution < -0.4 is 10.2 Å². The van der Waals surface area contributed by atoms with Crippen molar-refractivity contribution >= 4 is 11.5 Å². The molecule has 0 spiro atoms. The number of nitrogens with one attached hydrogen (secondary N) is 2. The highest BCUT2D eigenvalue weighted by Gasteiger charge is 2.18. The van der Waals surface area contributed by atoms with Crippen molar-refractivity contribution in [3.63, 3.8) is 0 Å². The Kier molecular flexibility index (Phi) is 10.8. The summed E-state index contributed by atoms with van der Waals surface area (Å²) in [7, 11) is 2.10.